The number of carbonyl (C=O) groups is 4. The van der Waals surface area contributed by atoms with Gasteiger partial charge in [-0.25, -0.2) is 4.79 Å². The summed E-state index contributed by atoms with van der Waals surface area (Å²) in [5, 5.41) is 0. The zero-order valence-electron chi connectivity index (χ0n) is 16.2. The van der Waals surface area contributed by atoms with Gasteiger partial charge >= 0.3 is 11.9 Å². The van der Waals surface area contributed by atoms with E-state index in [2.05, 4.69) is 0 Å². The zero-order chi connectivity index (χ0) is 21.1. The third-order valence-electron chi connectivity index (χ3n) is 4.40. The van der Waals surface area contributed by atoms with Gasteiger partial charge in [0.25, 0.3) is 11.8 Å². The third kappa shape index (κ3) is 3.86. The summed E-state index contributed by atoms with van der Waals surface area (Å²) in [5.74, 6) is -2.79. The molecule has 0 radical (unpaired) electrons. The molecule has 1 aromatic carbocycles. The lowest BCUT2D eigenvalue weighted by atomic mass is 10.0. The fourth-order valence-corrected chi connectivity index (χ4v) is 3.27. The summed E-state index contributed by atoms with van der Waals surface area (Å²) in [6, 6.07) is 5.24. The molecule has 2 amide bonds. The lowest BCUT2D eigenvalue weighted by molar-refractivity contribution is -0.210. The summed E-state index contributed by atoms with van der Waals surface area (Å²) in [5.41, 5.74) is 0.453. The summed E-state index contributed by atoms with van der Waals surface area (Å²) in [6.07, 6.45) is -1.11. The highest BCUT2D eigenvalue weighted by atomic mass is 16.7. The number of hydrogen-bond donors (Lipinski definition) is 0. The number of benzene rings is 1. The van der Waals surface area contributed by atoms with Gasteiger partial charge in [-0.1, -0.05) is 12.1 Å². The highest BCUT2D eigenvalue weighted by molar-refractivity contribution is 6.21. The van der Waals surface area contributed by atoms with E-state index in [-0.39, 0.29) is 30.1 Å². The highest BCUT2D eigenvalue weighted by Crippen LogP contribution is 2.32. The lowest BCUT2D eigenvalue weighted by Gasteiger charge is -2.38. The average Bonchev–Trinajstić information content (AvgIpc) is 2.94. The van der Waals surface area contributed by atoms with Crippen molar-refractivity contribution in [1.29, 1.82) is 0 Å². The molecule has 2 aliphatic heterocycles. The largest absolute Gasteiger partial charge is 0.460 e. The van der Waals surface area contributed by atoms with Crippen molar-refractivity contribution in [1.82, 2.24) is 4.90 Å². The molecule has 0 unspecified atom stereocenters. The predicted molar refractivity (Wildman–Crippen MR) is 97.5 cm³/mol. The summed E-state index contributed by atoms with van der Waals surface area (Å²) in [7, 11) is 0. The van der Waals surface area contributed by atoms with E-state index in [0.717, 1.165) is 4.90 Å². The van der Waals surface area contributed by atoms with Gasteiger partial charge in [0, 0.05) is 13.5 Å². The maximum absolute atomic E-state index is 12.9. The molecule has 9 heteroatoms. The number of carbonyl (C=O) groups excluding carboxylic acids is 4. The zero-order valence-corrected chi connectivity index (χ0v) is 16.2. The van der Waals surface area contributed by atoms with E-state index in [1.165, 1.54) is 25.1 Å². The van der Waals surface area contributed by atoms with Crippen LogP contribution in [-0.4, -0.2) is 60.3 Å². The van der Waals surface area contributed by atoms with Crippen LogP contribution in [0, 0.1) is 0 Å². The molecule has 0 spiro atoms. The summed E-state index contributed by atoms with van der Waals surface area (Å²) < 4.78 is 21.3. The van der Waals surface area contributed by atoms with E-state index in [4.69, 9.17) is 18.9 Å². The molecule has 0 bridgehead atoms. The molecular weight excluding hydrogens is 382 g/mol. The van der Waals surface area contributed by atoms with E-state index in [1.807, 2.05) is 0 Å². The van der Waals surface area contributed by atoms with Crippen molar-refractivity contribution >= 4 is 23.8 Å². The van der Waals surface area contributed by atoms with Crippen LogP contribution in [0.5, 0.6) is 0 Å². The van der Waals surface area contributed by atoms with Crippen LogP contribution in [0.25, 0.3) is 0 Å². The van der Waals surface area contributed by atoms with Gasteiger partial charge in [-0.3, -0.25) is 19.3 Å². The van der Waals surface area contributed by atoms with Gasteiger partial charge in [-0.2, -0.15) is 0 Å². The minimum absolute atomic E-state index is 0.101. The Morgan fingerprint density at radius 1 is 1.07 bits per heavy atom. The van der Waals surface area contributed by atoms with Crippen molar-refractivity contribution in [2.24, 2.45) is 0 Å². The molecule has 3 atom stereocenters. The quantitative estimate of drug-likeness (QED) is 0.518. The lowest BCUT2D eigenvalue weighted by Crippen LogP contribution is -2.55. The van der Waals surface area contributed by atoms with Gasteiger partial charge in [0.05, 0.1) is 17.7 Å². The molecule has 2 aliphatic rings. The molecule has 0 aromatic heterocycles. The highest BCUT2D eigenvalue weighted by Gasteiger charge is 2.49. The molecule has 9 nitrogen and oxygen atoms in total. The number of hydrogen-bond acceptors (Lipinski definition) is 8. The molecule has 0 fully saturated rings. The number of rotatable bonds is 6. The number of amides is 2. The van der Waals surface area contributed by atoms with Crippen molar-refractivity contribution < 1.29 is 38.1 Å². The SMILES string of the molecule is CCOC(=O)C1=C[C@H](N2C(=O)c3ccccc3C2=O)[C@H](OC(C)=O)[C@H](OCC)O1. The Morgan fingerprint density at radius 3 is 2.21 bits per heavy atom. The molecule has 3 rings (SSSR count). The molecule has 1 aromatic rings. The van der Waals surface area contributed by atoms with Crippen LogP contribution in [0.1, 0.15) is 41.5 Å². The normalized spacial score (nSPS) is 23.2. The predicted octanol–water partition coefficient (Wildman–Crippen LogP) is 1.42. The number of fused-ring (bicyclic) bond motifs is 1. The van der Waals surface area contributed by atoms with Crippen molar-refractivity contribution in [3.05, 3.63) is 47.2 Å². The first-order valence-electron chi connectivity index (χ1n) is 9.20. The maximum Gasteiger partial charge on any atom is 0.373 e. The van der Waals surface area contributed by atoms with Crippen molar-refractivity contribution in [2.75, 3.05) is 13.2 Å². The van der Waals surface area contributed by atoms with Crippen LogP contribution in [-0.2, 0) is 28.5 Å². The minimum atomic E-state index is -1.21. The molecule has 0 saturated heterocycles. The molecule has 2 heterocycles. The third-order valence-corrected chi connectivity index (χ3v) is 4.40. The molecule has 0 aliphatic carbocycles. The summed E-state index contributed by atoms with van der Waals surface area (Å²) >= 11 is 0. The average molecular weight is 403 g/mol. The summed E-state index contributed by atoms with van der Waals surface area (Å²) in [4.78, 5) is 50.8. The first-order valence-corrected chi connectivity index (χ1v) is 9.20. The Morgan fingerprint density at radius 2 is 1.69 bits per heavy atom. The molecule has 154 valence electrons. The topological polar surface area (TPSA) is 108 Å². The van der Waals surface area contributed by atoms with E-state index in [0.29, 0.717) is 0 Å². The van der Waals surface area contributed by atoms with Crippen LogP contribution in [0.2, 0.25) is 0 Å². The van der Waals surface area contributed by atoms with E-state index < -0.39 is 42.2 Å². The number of imide groups is 1. The Bertz CT molecular complexity index is 842. The van der Waals surface area contributed by atoms with E-state index >= 15 is 0 Å². The number of ether oxygens (including phenoxy) is 4. The van der Waals surface area contributed by atoms with Crippen molar-refractivity contribution in [2.45, 2.75) is 39.2 Å². The van der Waals surface area contributed by atoms with Crippen LogP contribution >= 0.6 is 0 Å². The number of esters is 2. The summed E-state index contributed by atoms with van der Waals surface area (Å²) in [6.45, 7) is 4.78. The van der Waals surface area contributed by atoms with Crippen LogP contribution < -0.4 is 0 Å². The fourth-order valence-electron chi connectivity index (χ4n) is 3.27. The number of nitrogens with zero attached hydrogens (tertiary/aromatic N) is 1. The minimum Gasteiger partial charge on any atom is -0.460 e. The first-order chi connectivity index (χ1) is 13.9. The van der Waals surface area contributed by atoms with Crippen molar-refractivity contribution in [3.8, 4) is 0 Å². The second-order valence-corrected chi connectivity index (χ2v) is 6.28. The van der Waals surface area contributed by atoms with Gasteiger partial charge in [0.1, 0.15) is 6.04 Å². The van der Waals surface area contributed by atoms with Crippen molar-refractivity contribution in [3.63, 3.8) is 0 Å². The standard InChI is InChI=1S/C20H21NO8/c1-4-26-19(25)15-10-14(16(28-11(3)22)20(29-15)27-5-2)21-17(23)12-8-6-7-9-13(12)18(21)24/h6-10,14,16,20H,4-5H2,1-3H3/t14-,16-,20+/m0/s1. The molecular formula is C20H21NO8. The maximum atomic E-state index is 12.9. The fraction of sp³-hybridized carbons (Fsp3) is 0.400. The first kappa shape index (κ1) is 20.5. The second-order valence-electron chi connectivity index (χ2n) is 6.28. The Kier molecular flexibility index (Phi) is 5.97. The monoisotopic (exact) mass is 403 g/mol. The Balaban J connectivity index is 2.06. The van der Waals surface area contributed by atoms with Gasteiger partial charge in [0.15, 0.2) is 6.10 Å². The van der Waals surface area contributed by atoms with E-state index in [9.17, 15) is 19.2 Å². The second kappa shape index (κ2) is 8.44. The van der Waals surface area contributed by atoms with Gasteiger partial charge in [-0.05, 0) is 32.1 Å². The Labute approximate surface area is 167 Å². The smallest absolute Gasteiger partial charge is 0.373 e. The van der Waals surface area contributed by atoms with Gasteiger partial charge in [0.2, 0.25) is 12.0 Å². The van der Waals surface area contributed by atoms with Crippen LogP contribution in [0.3, 0.4) is 0 Å². The van der Waals surface area contributed by atoms with Crippen LogP contribution in [0.15, 0.2) is 36.1 Å². The Hall–Kier alpha value is -3.20. The van der Waals surface area contributed by atoms with Gasteiger partial charge < -0.3 is 18.9 Å². The van der Waals surface area contributed by atoms with E-state index in [1.54, 1.807) is 26.0 Å². The van der Waals surface area contributed by atoms with Gasteiger partial charge in [-0.15, -0.1) is 0 Å². The van der Waals surface area contributed by atoms with Crippen LogP contribution in [0.4, 0.5) is 0 Å². The molecule has 0 N–H and O–H groups in total. The molecule has 0 saturated carbocycles. The molecule has 29 heavy (non-hydrogen) atoms.